The van der Waals surface area contributed by atoms with Crippen molar-refractivity contribution in [3.05, 3.63) is 97.2 Å². The zero-order valence-corrected chi connectivity index (χ0v) is 18.0. The molecule has 0 bridgehead atoms. The number of aromatic nitrogens is 2. The maximum atomic E-state index is 14.1. The lowest BCUT2D eigenvalue weighted by Gasteiger charge is -2.19. The van der Waals surface area contributed by atoms with Gasteiger partial charge in [-0.3, -0.25) is 18.7 Å². The molecular formula is C22H17ClFN3O3S. The van der Waals surface area contributed by atoms with E-state index in [0.717, 1.165) is 4.57 Å². The number of amides is 1. The van der Waals surface area contributed by atoms with E-state index < -0.39 is 17.1 Å². The molecule has 31 heavy (non-hydrogen) atoms. The highest BCUT2D eigenvalue weighted by atomic mass is 35.5. The van der Waals surface area contributed by atoms with E-state index in [9.17, 15) is 18.8 Å². The van der Waals surface area contributed by atoms with Crippen molar-refractivity contribution in [2.75, 3.05) is 11.9 Å². The number of hydrogen-bond donors (Lipinski definition) is 0. The van der Waals surface area contributed by atoms with E-state index in [1.54, 1.807) is 48.8 Å². The van der Waals surface area contributed by atoms with E-state index in [4.69, 9.17) is 11.6 Å². The lowest BCUT2D eigenvalue weighted by atomic mass is 10.2. The van der Waals surface area contributed by atoms with Gasteiger partial charge in [0.15, 0.2) is 0 Å². The van der Waals surface area contributed by atoms with Crippen molar-refractivity contribution in [2.24, 2.45) is 0 Å². The number of carbonyl (C=O) groups excluding carboxylic acids is 1. The van der Waals surface area contributed by atoms with Gasteiger partial charge in [0.1, 0.15) is 17.1 Å². The monoisotopic (exact) mass is 457 g/mol. The van der Waals surface area contributed by atoms with Crippen molar-refractivity contribution >= 4 is 44.7 Å². The fourth-order valence-corrected chi connectivity index (χ4v) is 4.32. The van der Waals surface area contributed by atoms with Crippen LogP contribution in [0.25, 0.3) is 10.2 Å². The number of hydrogen-bond acceptors (Lipinski definition) is 4. The Hall–Kier alpha value is -3.23. The minimum Gasteiger partial charge on any atom is -0.314 e. The molecule has 2 aromatic carbocycles. The van der Waals surface area contributed by atoms with E-state index >= 15 is 0 Å². The van der Waals surface area contributed by atoms with Crippen molar-refractivity contribution in [1.29, 1.82) is 0 Å². The van der Waals surface area contributed by atoms with Gasteiger partial charge in [0.05, 0.1) is 12.1 Å². The first-order chi connectivity index (χ1) is 14.9. The van der Waals surface area contributed by atoms with Crippen molar-refractivity contribution in [3.63, 3.8) is 0 Å². The molecule has 158 valence electrons. The number of carbonyl (C=O) groups is 1. The van der Waals surface area contributed by atoms with Crippen LogP contribution >= 0.6 is 22.9 Å². The Labute approximate surface area is 185 Å². The predicted octanol–water partition coefficient (Wildman–Crippen LogP) is 3.73. The summed E-state index contributed by atoms with van der Waals surface area (Å²) >= 11 is 7.18. The highest BCUT2D eigenvalue weighted by Gasteiger charge is 2.19. The van der Waals surface area contributed by atoms with E-state index in [1.165, 1.54) is 39.0 Å². The summed E-state index contributed by atoms with van der Waals surface area (Å²) in [6.45, 7) is -0.511. The third-order valence-corrected chi connectivity index (χ3v) is 6.11. The lowest BCUT2D eigenvalue weighted by Crippen LogP contribution is -2.42. The SMILES string of the molecule is CN(C(=O)Cn1c(=O)n(Cc2ccccc2F)c(=O)c2sccc21)c1cccc(Cl)c1. The van der Waals surface area contributed by atoms with E-state index in [2.05, 4.69) is 0 Å². The number of thiophene rings is 1. The van der Waals surface area contributed by atoms with Crippen LogP contribution in [0.2, 0.25) is 5.02 Å². The lowest BCUT2D eigenvalue weighted by molar-refractivity contribution is -0.118. The van der Waals surface area contributed by atoms with Crippen LogP contribution in [0.1, 0.15) is 5.56 Å². The van der Waals surface area contributed by atoms with Crippen LogP contribution < -0.4 is 16.1 Å². The maximum Gasteiger partial charge on any atom is 0.332 e. The van der Waals surface area contributed by atoms with Crippen molar-refractivity contribution < 1.29 is 9.18 Å². The fourth-order valence-electron chi connectivity index (χ4n) is 3.29. The number of likely N-dealkylation sites (N-methyl/N-ethyl adjacent to an activating group) is 1. The summed E-state index contributed by atoms with van der Waals surface area (Å²) in [5.41, 5.74) is -0.0203. The number of rotatable bonds is 5. The second-order valence-electron chi connectivity index (χ2n) is 6.92. The molecule has 1 amide bonds. The summed E-state index contributed by atoms with van der Waals surface area (Å²) < 4.78 is 16.7. The minimum atomic E-state index is -0.674. The summed E-state index contributed by atoms with van der Waals surface area (Å²) in [4.78, 5) is 40.4. The quantitative estimate of drug-likeness (QED) is 0.458. The van der Waals surface area contributed by atoms with Crippen molar-refractivity contribution in [3.8, 4) is 0 Å². The predicted molar refractivity (Wildman–Crippen MR) is 121 cm³/mol. The molecule has 0 fully saturated rings. The van der Waals surface area contributed by atoms with Crippen LogP contribution in [0.3, 0.4) is 0 Å². The molecule has 9 heteroatoms. The molecule has 4 aromatic rings. The Morgan fingerprint density at radius 1 is 1.10 bits per heavy atom. The third-order valence-electron chi connectivity index (χ3n) is 4.99. The minimum absolute atomic E-state index is 0.214. The molecule has 0 aliphatic carbocycles. The van der Waals surface area contributed by atoms with Gasteiger partial charge in [0.2, 0.25) is 5.91 Å². The maximum absolute atomic E-state index is 14.1. The number of halogens is 2. The Bertz CT molecular complexity index is 1410. The highest BCUT2D eigenvalue weighted by molar-refractivity contribution is 7.17. The standard InChI is InChI=1S/C22H17ClFN3O3S/c1-25(16-7-4-6-15(23)11-16)19(28)13-26-18-9-10-31-20(18)21(29)27(22(26)30)12-14-5-2-3-8-17(14)24/h2-11H,12-13H2,1H3. The van der Waals surface area contributed by atoms with Gasteiger partial charge in [-0.15, -0.1) is 11.3 Å². The molecule has 6 nitrogen and oxygen atoms in total. The van der Waals surface area contributed by atoms with E-state index in [0.29, 0.717) is 20.9 Å². The van der Waals surface area contributed by atoms with Crippen LogP contribution in [0.5, 0.6) is 0 Å². The Morgan fingerprint density at radius 3 is 2.61 bits per heavy atom. The molecule has 0 saturated carbocycles. The summed E-state index contributed by atoms with van der Waals surface area (Å²) in [6, 6.07) is 14.4. The van der Waals surface area contributed by atoms with Crippen molar-refractivity contribution in [2.45, 2.75) is 13.1 Å². The molecule has 0 unspecified atom stereocenters. The molecule has 0 saturated heterocycles. The smallest absolute Gasteiger partial charge is 0.314 e. The fraction of sp³-hybridized carbons (Fsp3) is 0.136. The zero-order valence-electron chi connectivity index (χ0n) is 16.4. The molecule has 0 atom stereocenters. The van der Waals surface area contributed by atoms with Crippen LogP contribution in [0.15, 0.2) is 69.6 Å². The van der Waals surface area contributed by atoms with E-state index in [-0.39, 0.29) is 24.6 Å². The Kier molecular flexibility index (Phi) is 5.75. The molecule has 2 heterocycles. The summed E-state index contributed by atoms with van der Waals surface area (Å²) in [6.07, 6.45) is 0. The van der Waals surface area contributed by atoms with Crippen molar-refractivity contribution in [1.82, 2.24) is 9.13 Å². The topological polar surface area (TPSA) is 64.3 Å². The first kappa shape index (κ1) is 21.0. The molecule has 0 N–H and O–H groups in total. The first-order valence-corrected chi connectivity index (χ1v) is 10.6. The zero-order chi connectivity index (χ0) is 22.1. The van der Waals surface area contributed by atoms with Crippen LogP contribution in [0.4, 0.5) is 10.1 Å². The number of benzene rings is 2. The molecule has 0 aliphatic heterocycles. The van der Waals surface area contributed by atoms with Crippen LogP contribution in [-0.4, -0.2) is 22.1 Å². The largest absolute Gasteiger partial charge is 0.332 e. The Balaban J connectivity index is 1.76. The van der Waals surface area contributed by atoms with Crippen LogP contribution in [-0.2, 0) is 17.9 Å². The van der Waals surface area contributed by atoms with Gasteiger partial charge in [0.25, 0.3) is 5.56 Å². The van der Waals surface area contributed by atoms with Gasteiger partial charge in [-0.2, -0.15) is 0 Å². The average molecular weight is 458 g/mol. The van der Waals surface area contributed by atoms with E-state index in [1.807, 2.05) is 0 Å². The third kappa shape index (κ3) is 4.04. The first-order valence-electron chi connectivity index (χ1n) is 9.33. The Morgan fingerprint density at radius 2 is 1.87 bits per heavy atom. The highest BCUT2D eigenvalue weighted by Crippen LogP contribution is 2.20. The van der Waals surface area contributed by atoms with Gasteiger partial charge in [-0.05, 0) is 35.7 Å². The molecule has 0 radical (unpaired) electrons. The molecular weight excluding hydrogens is 441 g/mol. The second-order valence-corrected chi connectivity index (χ2v) is 8.27. The summed E-state index contributed by atoms with van der Waals surface area (Å²) in [5.74, 6) is -0.878. The van der Waals surface area contributed by atoms with Gasteiger partial charge in [-0.1, -0.05) is 35.9 Å². The molecule has 0 spiro atoms. The van der Waals surface area contributed by atoms with Gasteiger partial charge >= 0.3 is 5.69 Å². The normalized spacial score (nSPS) is 11.1. The summed E-state index contributed by atoms with van der Waals surface area (Å²) in [5, 5.41) is 2.16. The van der Waals surface area contributed by atoms with Crippen LogP contribution in [0, 0.1) is 5.82 Å². The molecule has 0 aliphatic rings. The number of nitrogens with zero attached hydrogens (tertiary/aromatic N) is 3. The molecule has 2 aromatic heterocycles. The number of anilines is 1. The average Bonchev–Trinajstić information content (AvgIpc) is 3.25. The number of fused-ring (bicyclic) bond motifs is 1. The second kappa shape index (κ2) is 8.49. The summed E-state index contributed by atoms with van der Waals surface area (Å²) in [7, 11) is 1.58. The molecule has 4 rings (SSSR count). The van der Waals surface area contributed by atoms with Gasteiger partial charge < -0.3 is 4.90 Å². The van der Waals surface area contributed by atoms with Gasteiger partial charge in [0, 0.05) is 23.3 Å². The van der Waals surface area contributed by atoms with Gasteiger partial charge in [-0.25, -0.2) is 9.18 Å².